The maximum Gasteiger partial charge on any atom is 0.0355 e. The first-order valence-electron chi connectivity index (χ1n) is 5.88. The summed E-state index contributed by atoms with van der Waals surface area (Å²) < 4.78 is 0. The number of likely N-dealkylation sites (tertiary alicyclic amines) is 1. The van der Waals surface area contributed by atoms with E-state index in [1.807, 2.05) is 0 Å². The van der Waals surface area contributed by atoms with E-state index in [2.05, 4.69) is 36.1 Å². The quantitative estimate of drug-likeness (QED) is 0.490. The van der Waals surface area contributed by atoms with Crippen molar-refractivity contribution in [2.45, 2.75) is 51.1 Å². The molecule has 1 aliphatic rings. The molecular weight excluding hydrogens is 182 g/mol. The van der Waals surface area contributed by atoms with E-state index in [1.54, 1.807) is 0 Å². The first kappa shape index (κ1) is 12.1. The Labute approximate surface area is 93.9 Å². The Balaban J connectivity index is 2.64. The molecule has 0 unspecified atom stereocenters. The van der Waals surface area contributed by atoms with Crippen molar-refractivity contribution in [2.75, 3.05) is 6.54 Å². The van der Waals surface area contributed by atoms with Gasteiger partial charge in [-0.25, -0.2) is 0 Å². The zero-order valence-corrected chi connectivity index (χ0v) is 9.71. The van der Waals surface area contributed by atoms with Gasteiger partial charge in [0.15, 0.2) is 0 Å². The number of hydrogen-bond acceptors (Lipinski definition) is 1. The maximum atomic E-state index is 5.40. The third-order valence-electron chi connectivity index (χ3n) is 3.10. The highest BCUT2D eigenvalue weighted by molar-refractivity contribution is 5.00. The van der Waals surface area contributed by atoms with E-state index in [0.717, 1.165) is 6.42 Å². The van der Waals surface area contributed by atoms with Crippen LogP contribution < -0.4 is 0 Å². The minimum Gasteiger partial charge on any atom is -0.292 e. The van der Waals surface area contributed by atoms with E-state index in [4.69, 9.17) is 6.42 Å². The molecule has 82 valence electrons. The molecule has 0 N–H and O–H groups in total. The highest BCUT2D eigenvalue weighted by Gasteiger charge is 2.28. The van der Waals surface area contributed by atoms with Gasteiger partial charge in [-0.3, -0.25) is 4.90 Å². The predicted molar refractivity (Wildman–Crippen MR) is 65.6 cm³/mol. The lowest BCUT2D eigenvalue weighted by molar-refractivity contribution is 0.204. The predicted octanol–water partition coefficient (Wildman–Crippen LogP) is 2.98. The summed E-state index contributed by atoms with van der Waals surface area (Å²) in [6, 6.07) is 1.07. The Hall–Kier alpha value is -0.960. The molecule has 2 atom stereocenters. The zero-order chi connectivity index (χ0) is 11.1. The van der Waals surface area contributed by atoms with E-state index in [1.165, 1.54) is 32.2 Å². The van der Waals surface area contributed by atoms with Gasteiger partial charge in [0.05, 0.1) is 0 Å². The Kier molecular flexibility index (Phi) is 5.26. The van der Waals surface area contributed by atoms with Gasteiger partial charge in [0, 0.05) is 18.5 Å². The van der Waals surface area contributed by atoms with E-state index >= 15 is 0 Å². The standard InChI is InChI=1S/C14H21N/c1-4-8-13(9-5-2)15-12-7-11-14(15)10-6-3/h3,8,13-14H,1,5,7,9-12H2,2H3/t13-,14-/m1/s1. The van der Waals surface area contributed by atoms with Crippen LogP contribution in [0.1, 0.15) is 39.0 Å². The van der Waals surface area contributed by atoms with Crippen LogP contribution in [-0.2, 0) is 0 Å². The Morgan fingerprint density at radius 2 is 2.47 bits per heavy atom. The molecule has 1 saturated heterocycles. The van der Waals surface area contributed by atoms with Gasteiger partial charge in [-0.2, -0.15) is 0 Å². The molecule has 0 saturated carbocycles. The topological polar surface area (TPSA) is 3.24 Å². The van der Waals surface area contributed by atoms with Gasteiger partial charge in [0.1, 0.15) is 0 Å². The second-order valence-corrected chi connectivity index (χ2v) is 4.17. The molecular formula is C14H21N. The first-order valence-corrected chi connectivity index (χ1v) is 5.88. The number of hydrogen-bond donors (Lipinski definition) is 0. The molecule has 1 rings (SSSR count). The van der Waals surface area contributed by atoms with Crippen molar-refractivity contribution >= 4 is 0 Å². The van der Waals surface area contributed by atoms with Crippen LogP contribution >= 0.6 is 0 Å². The molecule has 0 spiro atoms. The first-order chi connectivity index (χ1) is 7.33. The van der Waals surface area contributed by atoms with Crippen molar-refractivity contribution in [2.24, 2.45) is 0 Å². The summed E-state index contributed by atoms with van der Waals surface area (Å²) in [7, 11) is 0. The highest BCUT2D eigenvalue weighted by atomic mass is 15.2. The second-order valence-electron chi connectivity index (χ2n) is 4.17. The molecule has 15 heavy (non-hydrogen) atoms. The van der Waals surface area contributed by atoms with Crippen molar-refractivity contribution in [1.82, 2.24) is 4.90 Å². The monoisotopic (exact) mass is 203 g/mol. The SMILES string of the molecule is C#CC[C@@H]1CCCN1[C@H](C=C=C)CCC. The maximum absolute atomic E-state index is 5.40. The lowest BCUT2D eigenvalue weighted by Crippen LogP contribution is -2.37. The number of nitrogens with zero attached hydrogens (tertiary/aromatic N) is 1. The molecule has 1 fully saturated rings. The fourth-order valence-electron chi connectivity index (χ4n) is 2.43. The minimum atomic E-state index is 0.494. The summed E-state index contributed by atoms with van der Waals surface area (Å²) in [5.41, 5.74) is 2.92. The van der Waals surface area contributed by atoms with Crippen molar-refractivity contribution in [3.63, 3.8) is 0 Å². The molecule has 0 amide bonds. The average molecular weight is 203 g/mol. The number of terminal acetylenes is 1. The smallest absolute Gasteiger partial charge is 0.0355 e. The van der Waals surface area contributed by atoms with Gasteiger partial charge >= 0.3 is 0 Å². The van der Waals surface area contributed by atoms with Gasteiger partial charge in [-0.05, 0) is 31.9 Å². The van der Waals surface area contributed by atoms with Crippen molar-refractivity contribution in [3.8, 4) is 12.3 Å². The summed E-state index contributed by atoms with van der Waals surface area (Å²) in [6.07, 6.45) is 13.3. The fraction of sp³-hybridized carbons (Fsp3) is 0.643. The molecule has 1 heteroatoms. The van der Waals surface area contributed by atoms with Gasteiger partial charge in [-0.1, -0.05) is 19.9 Å². The third kappa shape index (κ3) is 3.27. The second kappa shape index (κ2) is 6.51. The summed E-state index contributed by atoms with van der Waals surface area (Å²) in [5.74, 6) is 2.79. The van der Waals surface area contributed by atoms with Gasteiger partial charge in [0.2, 0.25) is 0 Å². The van der Waals surface area contributed by atoms with E-state index in [-0.39, 0.29) is 0 Å². The fourth-order valence-corrected chi connectivity index (χ4v) is 2.43. The van der Waals surface area contributed by atoms with E-state index in [9.17, 15) is 0 Å². The summed E-state index contributed by atoms with van der Waals surface area (Å²) in [4.78, 5) is 2.53. The molecule has 0 bridgehead atoms. The van der Waals surface area contributed by atoms with Crippen LogP contribution in [0.15, 0.2) is 18.4 Å². The number of rotatable bonds is 5. The molecule has 0 aromatic heterocycles. The lowest BCUT2D eigenvalue weighted by atomic mass is 10.1. The summed E-state index contributed by atoms with van der Waals surface area (Å²) in [6.45, 7) is 7.07. The summed E-state index contributed by atoms with van der Waals surface area (Å²) >= 11 is 0. The summed E-state index contributed by atoms with van der Waals surface area (Å²) in [5, 5.41) is 0. The van der Waals surface area contributed by atoms with E-state index in [0.29, 0.717) is 12.1 Å². The molecule has 1 heterocycles. The molecule has 1 nitrogen and oxygen atoms in total. The lowest BCUT2D eigenvalue weighted by Gasteiger charge is -2.29. The molecule has 0 radical (unpaired) electrons. The molecule has 1 aliphatic heterocycles. The van der Waals surface area contributed by atoms with Crippen LogP contribution in [-0.4, -0.2) is 23.5 Å². The van der Waals surface area contributed by atoms with Crippen LogP contribution in [0.3, 0.4) is 0 Å². The largest absolute Gasteiger partial charge is 0.292 e. The van der Waals surface area contributed by atoms with Gasteiger partial charge < -0.3 is 0 Å². The minimum absolute atomic E-state index is 0.494. The van der Waals surface area contributed by atoms with Crippen molar-refractivity contribution < 1.29 is 0 Å². The van der Waals surface area contributed by atoms with E-state index < -0.39 is 0 Å². The Bertz CT molecular complexity index is 268. The molecule has 0 aromatic rings. The van der Waals surface area contributed by atoms with Gasteiger partial charge in [0.25, 0.3) is 0 Å². The highest BCUT2D eigenvalue weighted by Crippen LogP contribution is 2.24. The third-order valence-corrected chi connectivity index (χ3v) is 3.10. The van der Waals surface area contributed by atoms with Crippen LogP contribution in [0.5, 0.6) is 0 Å². The van der Waals surface area contributed by atoms with Crippen LogP contribution in [0.2, 0.25) is 0 Å². The van der Waals surface area contributed by atoms with Crippen molar-refractivity contribution in [1.29, 1.82) is 0 Å². The van der Waals surface area contributed by atoms with Crippen LogP contribution in [0, 0.1) is 12.3 Å². The zero-order valence-electron chi connectivity index (χ0n) is 9.71. The normalized spacial score (nSPS) is 23.1. The Morgan fingerprint density at radius 1 is 1.67 bits per heavy atom. The van der Waals surface area contributed by atoms with Crippen LogP contribution in [0.4, 0.5) is 0 Å². The molecule has 0 aliphatic carbocycles. The van der Waals surface area contributed by atoms with Gasteiger partial charge in [-0.15, -0.1) is 18.1 Å². The van der Waals surface area contributed by atoms with Crippen LogP contribution in [0.25, 0.3) is 0 Å². The van der Waals surface area contributed by atoms with Crippen molar-refractivity contribution in [3.05, 3.63) is 18.4 Å². The Morgan fingerprint density at radius 3 is 3.07 bits per heavy atom. The average Bonchev–Trinajstić information content (AvgIpc) is 2.66. The molecule has 0 aromatic carbocycles.